The van der Waals surface area contributed by atoms with Crippen LogP contribution in [0.2, 0.25) is 0 Å². The maximum Gasteiger partial charge on any atom is 0.131 e. The van der Waals surface area contributed by atoms with Crippen LogP contribution >= 0.6 is 0 Å². The van der Waals surface area contributed by atoms with Crippen molar-refractivity contribution in [1.29, 1.82) is 0 Å². The van der Waals surface area contributed by atoms with Gasteiger partial charge in [0.25, 0.3) is 0 Å². The summed E-state index contributed by atoms with van der Waals surface area (Å²) in [5.41, 5.74) is 10.2. The zero-order valence-electron chi connectivity index (χ0n) is 17.3. The highest BCUT2D eigenvalue weighted by molar-refractivity contribution is 5.71. The van der Waals surface area contributed by atoms with Gasteiger partial charge in [0.05, 0.1) is 5.69 Å². The summed E-state index contributed by atoms with van der Waals surface area (Å²) in [4.78, 5) is 4.84. The van der Waals surface area contributed by atoms with Gasteiger partial charge < -0.3 is 4.74 Å². The lowest BCUT2D eigenvalue weighted by atomic mass is 9.75. The normalized spacial score (nSPS) is 15.3. The third kappa shape index (κ3) is 2.53. The second-order valence-electron chi connectivity index (χ2n) is 8.85. The van der Waals surface area contributed by atoms with Crippen LogP contribution < -0.4 is 4.74 Å². The average Bonchev–Trinajstić information content (AvgIpc) is 2.77. The first-order valence-corrected chi connectivity index (χ1v) is 10.6. The van der Waals surface area contributed by atoms with Gasteiger partial charge in [0, 0.05) is 34.7 Å². The highest BCUT2D eigenvalue weighted by Gasteiger charge is 2.34. The number of hydrogen-bond acceptors (Lipinski definition) is 2. The molecule has 1 aliphatic carbocycles. The van der Waals surface area contributed by atoms with E-state index in [2.05, 4.69) is 80.6 Å². The molecule has 0 saturated heterocycles. The molecule has 0 fully saturated rings. The average molecular weight is 389 g/mol. The molecule has 2 heteroatoms. The van der Waals surface area contributed by atoms with Gasteiger partial charge >= 0.3 is 0 Å². The van der Waals surface area contributed by atoms with E-state index in [4.69, 9.17) is 9.72 Å². The third-order valence-corrected chi connectivity index (χ3v) is 6.73. The lowest BCUT2D eigenvalue weighted by Crippen LogP contribution is -2.24. The van der Waals surface area contributed by atoms with Gasteiger partial charge in [-0.15, -0.1) is 0 Å². The van der Waals surface area contributed by atoms with Gasteiger partial charge in [0.15, 0.2) is 0 Å². The molecule has 0 radical (unpaired) electrons. The van der Waals surface area contributed by atoms with E-state index < -0.39 is 0 Å². The van der Waals surface area contributed by atoms with Gasteiger partial charge in [-0.2, -0.15) is 0 Å². The number of para-hydroxylation sites is 1. The summed E-state index contributed by atoms with van der Waals surface area (Å²) in [6.07, 6.45) is 3.88. The Morgan fingerprint density at radius 3 is 2.33 bits per heavy atom. The first-order chi connectivity index (χ1) is 14.6. The summed E-state index contributed by atoms with van der Waals surface area (Å²) in [5, 5.41) is 0. The highest BCUT2D eigenvalue weighted by Crippen LogP contribution is 2.48. The maximum atomic E-state index is 6.24. The quantitative estimate of drug-likeness (QED) is 0.319. The molecule has 1 aliphatic heterocycles. The van der Waals surface area contributed by atoms with E-state index in [1.165, 1.54) is 38.9 Å². The van der Waals surface area contributed by atoms with Gasteiger partial charge in [0.2, 0.25) is 0 Å². The summed E-state index contributed by atoms with van der Waals surface area (Å²) in [6, 6.07) is 25.8. The Kier molecular flexibility index (Phi) is 3.67. The number of aromatic nitrogens is 1. The molecule has 0 amide bonds. The Balaban J connectivity index is 1.48. The minimum Gasteiger partial charge on any atom is -0.457 e. The van der Waals surface area contributed by atoms with Crippen LogP contribution in [0.3, 0.4) is 0 Å². The van der Waals surface area contributed by atoms with Crippen molar-refractivity contribution in [2.45, 2.75) is 32.1 Å². The van der Waals surface area contributed by atoms with Crippen LogP contribution in [-0.4, -0.2) is 4.98 Å². The number of fused-ring (bicyclic) bond motifs is 4. The molecule has 2 heterocycles. The molecular formula is C28H23NO. The van der Waals surface area contributed by atoms with Crippen molar-refractivity contribution in [3.8, 4) is 22.8 Å². The van der Waals surface area contributed by atoms with Crippen molar-refractivity contribution in [2.75, 3.05) is 0 Å². The van der Waals surface area contributed by atoms with Crippen LogP contribution in [-0.2, 0) is 18.3 Å². The van der Waals surface area contributed by atoms with E-state index in [9.17, 15) is 0 Å². The van der Waals surface area contributed by atoms with Crippen LogP contribution in [0.15, 0.2) is 79.0 Å². The largest absolute Gasteiger partial charge is 0.457 e. The zero-order valence-corrected chi connectivity index (χ0v) is 17.3. The lowest BCUT2D eigenvalue weighted by Gasteiger charge is -2.34. The van der Waals surface area contributed by atoms with Gasteiger partial charge in [-0.25, -0.2) is 0 Å². The first kappa shape index (κ1) is 17.5. The topological polar surface area (TPSA) is 22.1 Å². The lowest BCUT2D eigenvalue weighted by molar-refractivity contribution is 0.418. The van der Waals surface area contributed by atoms with Crippen LogP contribution in [0, 0.1) is 0 Å². The van der Waals surface area contributed by atoms with Crippen molar-refractivity contribution in [3.63, 3.8) is 0 Å². The second kappa shape index (κ2) is 6.30. The monoisotopic (exact) mass is 389 g/mol. The number of nitrogens with zero attached hydrogens (tertiary/aromatic N) is 1. The molecule has 2 aliphatic rings. The molecule has 0 N–H and O–H groups in total. The van der Waals surface area contributed by atoms with Crippen molar-refractivity contribution in [3.05, 3.63) is 112 Å². The fourth-order valence-electron chi connectivity index (χ4n) is 5.03. The Labute approximate surface area is 177 Å². The van der Waals surface area contributed by atoms with E-state index in [1.54, 1.807) is 0 Å². The van der Waals surface area contributed by atoms with E-state index in [-0.39, 0.29) is 5.41 Å². The molecule has 0 bridgehead atoms. The summed E-state index contributed by atoms with van der Waals surface area (Å²) >= 11 is 0. The SMILES string of the molecule is CC1(C)c2ccccc2Oc2ccc(-c3nccc4c3Cc3ccccc3C4)cc21. The minimum absolute atomic E-state index is 0.123. The molecule has 0 spiro atoms. The molecule has 1 aromatic heterocycles. The van der Waals surface area contributed by atoms with Crippen molar-refractivity contribution < 1.29 is 4.74 Å². The number of hydrogen-bond donors (Lipinski definition) is 0. The highest BCUT2D eigenvalue weighted by atomic mass is 16.5. The fourth-order valence-corrected chi connectivity index (χ4v) is 5.03. The van der Waals surface area contributed by atoms with Crippen LogP contribution in [0.5, 0.6) is 11.5 Å². The molecule has 6 rings (SSSR count). The van der Waals surface area contributed by atoms with Gasteiger partial charge in [-0.05, 0) is 59.0 Å². The van der Waals surface area contributed by atoms with Gasteiger partial charge in [0.1, 0.15) is 11.5 Å². The number of ether oxygens (including phenoxy) is 1. The van der Waals surface area contributed by atoms with E-state index in [1.807, 2.05) is 12.3 Å². The Morgan fingerprint density at radius 1 is 0.733 bits per heavy atom. The smallest absolute Gasteiger partial charge is 0.131 e. The van der Waals surface area contributed by atoms with Gasteiger partial charge in [-0.1, -0.05) is 56.3 Å². The summed E-state index contributed by atoms with van der Waals surface area (Å²) < 4.78 is 6.24. The zero-order chi connectivity index (χ0) is 20.3. The number of benzene rings is 3. The molecule has 4 aromatic rings. The Morgan fingerprint density at radius 2 is 1.47 bits per heavy atom. The second-order valence-corrected chi connectivity index (χ2v) is 8.85. The molecule has 0 atom stereocenters. The third-order valence-electron chi connectivity index (χ3n) is 6.73. The fraction of sp³-hybridized carbons (Fsp3) is 0.179. The summed E-state index contributed by atoms with van der Waals surface area (Å²) in [6.45, 7) is 4.56. The van der Waals surface area contributed by atoms with E-state index in [0.29, 0.717) is 0 Å². The molecule has 2 nitrogen and oxygen atoms in total. The standard InChI is InChI=1S/C28H23NO/c1-28(2)23-9-5-6-10-25(23)30-26-12-11-21(17-24(26)28)27-22-16-19-8-4-3-7-18(19)15-20(22)13-14-29-27/h3-14,17H,15-16H2,1-2H3. The first-order valence-electron chi connectivity index (χ1n) is 10.6. The van der Waals surface area contributed by atoms with Crippen LogP contribution in [0.25, 0.3) is 11.3 Å². The summed E-state index contributed by atoms with van der Waals surface area (Å²) in [7, 11) is 0. The Bertz CT molecular complexity index is 1300. The van der Waals surface area contributed by atoms with Crippen molar-refractivity contribution in [2.24, 2.45) is 0 Å². The molecule has 146 valence electrons. The molecule has 30 heavy (non-hydrogen) atoms. The Hall–Kier alpha value is -3.39. The van der Waals surface area contributed by atoms with E-state index >= 15 is 0 Å². The van der Waals surface area contributed by atoms with Crippen LogP contribution in [0.4, 0.5) is 0 Å². The summed E-state index contributed by atoms with van der Waals surface area (Å²) in [5.74, 6) is 1.90. The van der Waals surface area contributed by atoms with Gasteiger partial charge in [-0.3, -0.25) is 4.98 Å². The number of pyridine rings is 1. The van der Waals surface area contributed by atoms with E-state index in [0.717, 1.165) is 30.0 Å². The van der Waals surface area contributed by atoms with Crippen molar-refractivity contribution >= 4 is 0 Å². The predicted octanol–water partition coefficient (Wildman–Crippen LogP) is 6.68. The minimum atomic E-state index is -0.123. The molecular weight excluding hydrogens is 366 g/mol. The maximum absolute atomic E-state index is 6.24. The molecule has 0 saturated carbocycles. The van der Waals surface area contributed by atoms with Crippen LogP contribution in [0.1, 0.15) is 47.2 Å². The van der Waals surface area contributed by atoms with Crippen molar-refractivity contribution in [1.82, 2.24) is 4.98 Å². The number of rotatable bonds is 1. The molecule has 0 unspecified atom stereocenters. The molecule has 3 aromatic carbocycles. The predicted molar refractivity (Wildman–Crippen MR) is 120 cm³/mol.